The first-order valence-corrected chi connectivity index (χ1v) is 8.98. The molecule has 134 valence electrons. The number of hydrogen-bond acceptors (Lipinski definition) is 5. The number of hydrogen-bond donors (Lipinski definition) is 2. The van der Waals surface area contributed by atoms with E-state index < -0.39 is 0 Å². The van der Waals surface area contributed by atoms with Gasteiger partial charge in [-0.05, 0) is 42.7 Å². The summed E-state index contributed by atoms with van der Waals surface area (Å²) in [4.78, 5) is 23.7. The van der Waals surface area contributed by atoms with Crippen molar-refractivity contribution in [3.63, 3.8) is 0 Å². The number of carbonyl (C=O) groups is 1. The Bertz CT molecular complexity index is 912. The Morgan fingerprint density at radius 2 is 2.04 bits per heavy atom. The second-order valence-corrected chi connectivity index (χ2v) is 6.18. The first kappa shape index (κ1) is 18.1. The van der Waals surface area contributed by atoms with Crippen LogP contribution in [0.5, 0.6) is 0 Å². The lowest BCUT2D eigenvalue weighted by atomic mass is 10.1. The number of nitrogens with one attached hydrogen (secondary N) is 2. The van der Waals surface area contributed by atoms with E-state index >= 15 is 0 Å². The molecule has 2 aromatic heterocycles. The number of carbonyl (C=O) groups excluding carboxylic acids is 1. The molecule has 0 radical (unpaired) electrons. The molecule has 3 rings (SSSR count). The first-order valence-electron chi connectivity index (χ1n) is 7.76. The molecular weight excluding hydrogens is 355 g/mol. The van der Waals surface area contributed by atoms with Crippen LogP contribution in [0, 0.1) is 5.82 Å². The molecule has 6 nitrogen and oxygen atoms in total. The second kappa shape index (κ2) is 8.11. The van der Waals surface area contributed by atoms with Gasteiger partial charge in [0.2, 0.25) is 0 Å². The van der Waals surface area contributed by atoms with Crippen molar-refractivity contribution in [1.82, 2.24) is 15.0 Å². The molecule has 1 aromatic carbocycles. The van der Waals surface area contributed by atoms with Crippen LogP contribution in [-0.2, 0) is 9.53 Å². The molecule has 0 aliphatic heterocycles. The van der Waals surface area contributed by atoms with Crippen molar-refractivity contribution in [2.45, 2.75) is 5.16 Å². The van der Waals surface area contributed by atoms with E-state index in [0.29, 0.717) is 11.5 Å². The second-order valence-electron chi connectivity index (χ2n) is 5.39. The predicted octanol–water partition coefficient (Wildman–Crippen LogP) is 3.58. The number of ether oxygens (including phenoxy) is 1. The van der Waals surface area contributed by atoms with Crippen molar-refractivity contribution < 1.29 is 13.9 Å². The maximum Gasteiger partial charge on any atom is 0.251 e. The number of nitrogens with zero attached hydrogens (tertiary/aromatic N) is 2. The number of rotatable bonds is 6. The monoisotopic (exact) mass is 372 g/mol. The van der Waals surface area contributed by atoms with Gasteiger partial charge in [-0.25, -0.2) is 14.4 Å². The number of halogens is 1. The zero-order chi connectivity index (χ0) is 18.5. The lowest BCUT2D eigenvalue weighted by molar-refractivity contribution is -0.119. The Morgan fingerprint density at radius 3 is 2.73 bits per heavy atom. The molecule has 0 aliphatic carbocycles. The van der Waals surface area contributed by atoms with Gasteiger partial charge in [0.1, 0.15) is 18.2 Å². The van der Waals surface area contributed by atoms with Gasteiger partial charge in [-0.1, -0.05) is 11.8 Å². The molecule has 0 bridgehead atoms. The number of imidazole rings is 1. The van der Waals surface area contributed by atoms with Gasteiger partial charge in [-0.15, -0.1) is 0 Å². The van der Waals surface area contributed by atoms with Crippen molar-refractivity contribution in [2.75, 3.05) is 25.3 Å². The van der Waals surface area contributed by atoms with Crippen LogP contribution in [-0.4, -0.2) is 40.8 Å². The number of aromatic amines is 1. The predicted molar refractivity (Wildman–Crippen MR) is 99.5 cm³/mol. The summed E-state index contributed by atoms with van der Waals surface area (Å²) in [6.07, 6.45) is 3.51. The molecule has 26 heavy (non-hydrogen) atoms. The summed E-state index contributed by atoms with van der Waals surface area (Å²) in [5.41, 5.74) is 3.07. The normalized spacial score (nSPS) is 10.7. The van der Waals surface area contributed by atoms with Crippen LogP contribution < -0.4 is 5.32 Å². The Morgan fingerprint density at radius 1 is 1.27 bits per heavy atom. The van der Waals surface area contributed by atoms with Crippen LogP contribution in [0.2, 0.25) is 0 Å². The summed E-state index contributed by atoms with van der Waals surface area (Å²) in [5, 5.41) is 3.41. The van der Waals surface area contributed by atoms with E-state index in [2.05, 4.69) is 20.3 Å². The Kier molecular flexibility index (Phi) is 5.65. The standard InChI is InChI=1S/C18H17FN4O2S/c1-25-10-15(24)21-14-9-12(7-8-20-14)17-16(22-18(23-17)26-2)11-3-5-13(19)6-4-11/h3-9H,10H2,1-2H3,(H,22,23)(H,20,21,24). The highest BCUT2D eigenvalue weighted by molar-refractivity contribution is 7.98. The van der Waals surface area contributed by atoms with Gasteiger partial charge in [0.15, 0.2) is 5.16 Å². The summed E-state index contributed by atoms with van der Waals surface area (Å²) in [5.74, 6) is -0.182. The van der Waals surface area contributed by atoms with E-state index in [0.717, 1.165) is 22.0 Å². The Hall–Kier alpha value is -2.71. The smallest absolute Gasteiger partial charge is 0.251 e. The van der Waals surface area contributed by atoms with Gasteiger partial charge in [0.25, 0.3) is 5.91 Å². The van der Waals surface area contributed by atoms with Gasteiger partial charge in [0, 0.05) is 24.4 Å². The van der Waals surface area contributed by atoms with E-state index in [-0.39, 0.29) is 18.3 Å². The average molecular weight is 372 g/mol. The maximum atomic E-state index is 13.2. The number of thioether (sulfide) groups is 1. The van der Waals surface area contributed by atoms with Crippen molar-refractivity contribution in [1.29, 1.82) is 0 Å². The lowest BCUT2D eigenvalue weighted by Crippen LogP contribution is -2.17. The van der Waals surface area contributed by atoms with E-state index in [1.54, 1.807) is 30.5 Å². The van der Waals surface area contributed by atoms with E-state index in [1.807, 2.05) is 6.26 Å². The van der Waals surface area contributed by atoms with E-state index in [9.17, 15) is 9.18 Å². The quantitative estimate of drug-likeness (QED) is 0.647. The minimum Gasteiger partial charge on any atom is -0.375 e. The lowest BCUT2D eigenvalue weighted by Gasteiger charge is -2.07. The highest BCUT2D eigenvalue weighted by Crippen LogP contribution is 2.32. The fourth-order valence-electron chi connectivity index (χ4n) is 2.44. The molecule has 2 N–H and O–H groups in total. The van der Waals surface area contributed by atoms with Crippen LogP contribution in [0.15, 0.2) is 47.8 Å². The maximum absolute atomic E-state index is 13.2. The Labute approximate surface area is 154 Å². The van der Waals surface area contributed by atoms with Crippen LogP contribution in [0.25, 0.3) is 22.5 Å². The number of aromatic nitrogens is 3. The molecule has 0 fully saturated rings. The number of pyridine rings is 1. The number of H-pyrrole nitrogens is 1. The third-order valence-electron chi connectivity index (χ3n) is 3.58. The summed E-state index contributed by atoms with van der Waals surface area (Å²) in [6, 6.07) is 9.74. The minimum atomic E-state index is -0.299. The van der Waals surface area contributed by atoms with Crippen molar-refractivity contribution in [3.05, 3.63) is 48.4 Å². The molecule has 1 amide bonds. The van der Waals surface area contributed by atoms with E-state index in [4.69, 9.17) is 4.74 Å². The molecule has 0 spiro atoms. The van der Waals surface area contributed by atoms with E-state index in [1.165, 1.54) is 31.0 Å². The third-order valence-corrected chi connectivity index (χ3v) is 4.16. The molecule has 8 heteroatoms. The molecular formula is C18H17FN4O2S. The van der Waals surface area contributed by atoms with Gasteiger partial charge >= 0.3 is 0 Å². The summed E-state index contributed by atoms with van der Waals surface area (Å²) in [6.45, 7) is -0.0498. The SMILES string of the molecule is COCC(=O)Nc1cc(-c2nc(SC)[nH]c2-c2ccc(F)cc2)ccn1. The highest BCUT2D eigenvalue weighted by atomic mass is 32.2. The van der Waals surface area contributed by atoms with Crippen LogP contribution >= 0.6 is 11.8 Å². The summed E-state index contributed by atoms with van der Waals surface area (Å²) in [7, 11) is 1.45. The molecule has 0 saturated heterocycles. The zero-order valence-corrected chi connectivity index (χ0v) is 15.1. The highest BCUT2D eigenvalue weighted by Gasteiger charge is 2.15. The molecule has 0 atom stereocenters. The number of methoxy groups -OCH3 is 1. The first-order chi connectivity index (χ1) is 12.6. The fourth-order valence-corrected chi connectivity index (χ4v) is 2.83. The summed E-state index contributed by atoms with van der Waals surface area (Å²) < 4.78 is 18.1. The summed E-state index contributed by atoms with van der Waals surface area (Å²) >= 11 is 1.48. The molecule has 3 aromatic rings. The largest absolute Gasteiger partial charge is 0.375 e. The number of amides is 1. The Balaban J connectivity index is 1.99. The van der Waals surface area contributed by atoms with Crippen LogP contribution in [0.4, 0.5) is 10.2 Å². The average Bonchev–Trinajstić information content (AvgIpc) is 3.07. The van der Waals surface area contributed by atoms with Gasteiger partial charge in [-0.2, -0.15) is 0 Å². The fraction of sp³-hybridized carbons (Fsp3) is 0.167. The van der Waals surface area contributed by atoms with Crippen molar-refractivity contribution in [2.24, 2.45) is 0 Å². The van der Waals surface area contributed by atoms with Gasteiger partial charge in [-0.3, -0.25) is 4.79 Å². The van der Waals surface area contributed by atoms with Crippen LogP contribution in [0.1, 0.15) is 0 Å². The van der Waals surface area contributed by atoms with Crippen molar-refractivity contribution >= 4 is 23.5 Å². The molecule has 0 saturated carbocycles. The van der Waals surface area contributed by atoms with Gasteiger partial charge in [0.05, 0.1) is 11.4 Å². The van der Waals surface area contributed by atoms with Crippen molar-refractivity contribution in [3.8, 4) is 22.5 Å². The molecule has 0 aliphatic rings. The number of benzene rings is 1. The van der Waals surface area contributed by atoms with Crippen LogP contribution in [0.3, 0.4) is 0 Å². The molecule has 2 heterocycles. The topological polar surface area (TPSA) is 79.9 Å². The van der Waals surface area contributed by atoms with Gasteiger partial charge < -0.3 is 15.0 Å². The molecule has 0 unspecified atom stereocenters. The third kappa shape index (κ3) is 4.09. The number of anilines is 1. The minimum absolute atomic E-state index is 0.0498. The zero-order valence-electron chi connectivity index (χ0n) is 14.2.